The predicted molar refractivity (Wildman–Crippen MR) is 226 cm³/mol. The fourth-order valence-corrected chi connectivity index (χ4v) is 7.36. The maximum absolute atomic E-state index is 13.0. The molecule has 63 heavy (non-hydrogen) atoms. The Labute approximate surface area is 370 Å². The number of ether oxygens (including phenoxy) is 6. The molecule has 0 radical (unpaired) electrons. The lowest BCUT2D eigenvalue weighted by Gasteiger charge is -2.48. The summed E-state index contributed by atoms with van der Waals surface area (Å²) in [6, 6.07) is -0.904. The molecule has 19 nitrogen and oxygen atoms in total. The van der Waals surface area contributed by atoms with Crippen LogP contribution in [0, 0.1) is 0 Å². The van der Waals surface area contributed by atoms with Crippen molar-refractivity contribution in [1.82, 2.24) is 5.32 Å². The maximum atomic E-state index is 13.0. The van der Waals surface area contributed by atoms with Gasteiger partial charge in [0.2, 0.25) is 5.91 Å². The summed E-state index contributed by atoms with van der Waals surface area (Å²) in [5, 5.41) is 119. The van der Waals surface area contributed by atoms with Crippen molar-refractivity contribution in [3.8, 4) is 0 Å². The summed E-state index contributed by atoms with van der Waals surface area (Å²) in [6.07, 6.45) is -0.678. The molecule has 0 aromatic carbocycles. The van der Waals surface area contributed by atoms with E-state index in [-0.39, 0.29) is 18.9 Å². The summed E-state index contributed by atoms with van der Waals surface area (Å²) in [7, 11) is 0. The second-order valence-corrected chi connectivity index (χ2v) is 16.1. The lowest BCUT2D eigenvalue weighted by atomic mass is 9.96. The van der Waals surface area contributed by atoms with Crippen molar-refractivity contribution in [3.05, 3.63) is 48.6 Å². The molecular formula is C44H75NO18. The van der Waals surface area contributed by atoms with Crippen LogP contribution in [0.15, 0.2) is 48.6 Å². The zero-order valence-electron chi connectivity index (χ0n) is 36.5. The van der Waals surface area contributed by atoms with Crippen LogP contribution in [0.4, 0.5) is 0 Å². The lowest BCUT2D eigenvalue weighted by molar-refractivity contribution is -0.379. The fraction of sp³-hybridized carbons (Fsp3) is 0.795. The van der Waals surface area contributed by atoms with E-state index in [2.05, 4.69) is 60.8 Å². The molecule has 0 aliphatic carbocycles. The molecule has 364 valence electrons. The van der Waals surface area contributed by atoms with Gasteiger partial charge in [-0.3, -0.25) is 4.79 Å². The molecule has 0 spiro atoms. The maximum Gasteiger partial charge on any atom is 0.220 e. The van der Waals surface area contributed by atoms with Crippen LogP contribution in [0.5, 0.6) is 0 Å². The number of hydrogen-bond donors (Lipinski definition) is 12. The van der Waals surface area contributed by atoms with E-state index in [0.29, 0.717) is 19.3 Å². The van der Waals surface area contributed by atoms with E-state index in [1.165, 1.54) is 0 Å². The minimum atomic E-state index is -1.97. The van der Waals surface area contributed by atoms with Crippen LogP contribution >= 0.6 is 0 Å². The van der Waals surface area contributed by atoms with Crippen LogP contribution in [-0.2, 0) is 33.2 Å². The molecule has 17 atom stereocenters. The van der Waals surface area contributed by atoms with Crippen molar-refractivity contribution in [2.24, 2.45) is 0 Å². The molecule has 0 aromatic heterocycles. The highest BCUT2D eigenvalue weighted by molar-refractivity contribution is 5.76. The second-order valence-electron chi connectivity index (χ2n) is 16.1. The van der Waals surface area contributed by atoms with Crippen molar-refractivity contribution < 1.29 is 89.4 Å². The highest BCUT2D eigenvalue weighted by Gasteiger charge is 2.53. The largest absolute Gasteiger partial charge is 0.394 e. The molecule has 1 amide bonds. The number of amides is 1. The average molecular weight is 906 g/mol. The Morgan fingerprint density at radius 3 is 1.62 bits per heavy atom. The first-order valence-corrected chi connectivity index (χ1v) is 22.4. The SMILES string of the molecule is CC/C=C\C/C=C\C/C=C\C/C=C\CCCCC(=O)NC(COC1OC(CO)C(OC2OC(CO)C(OC3OC(CO)C(O)C(O)C3O)C(O)C2O)C(O)C1O)C(O)CCCCC. The number of carbonyl (C=O) groups excluding carboxylic acids is 1. The third-order valence-electron chi connectivity index (χ3n) is 11.2. The Kier molecular flexibility index (Phi) is 26.3. The molecule has 19 heteroatoms. The van der Waals surface area contributed by atoms with Gasteiger partial charge in [-0.15, -0.1) is 0 Å². The number of aliphatic hydroxyl groups excluding tert-OH is 11. The highest BCUT2D eigenvalue weighted by Crippen LogP contribution is 2.33. The predicted octanol–water partition coefficient (Wildman–Crippen LogP) is -0.757. The van der Waals surface area contributed by atoms with Gasteiger partial charge in [0.05, 0.1) is 38.6 Å². The molecule has 0 aromatic rings. The van der Waals surface area contributed by atoms with Crippen LogP contribution in [0.2, 0.25) is 0 Å². The molecular weight excluding hydrogens is 830 g/mol. The van der Waals surface area contributed by atoms with E-state index >= 15 is 0 Å². The summed E-state index contributed by atoms with van der Waals surface area (Å²) in [5.41, 5.74) is 0. The Balaban J connectivity index is 1.53. The van der Waals surface area contributed by atoms with Crippen LogP contribution in [0.1, 0.15) is 90.9 Å². The third kappa shape index (κ3) is 17.5. The van der Waals surface area contributed by atoms with Crippen molar-refractivity contribution in [2.75, 3.05) is 26.4 Å². The van der Waals surface area contributed by atoms with Gasteiger partial charge in [-0.2, -0.15) is 0 Å². The van der Waals surface area contributed by atoms with E-state index in [0.717, 1.165) is 51.4 Å². The minimum Gasteiger partial charge on any atom is -0.394 e. The van der Waals surface area contributed by atoms with E-state index in [9.17, 15) is 61.0 Å². The zero-order valence-corrected chi connectivity index (χ0v) is 36.5. The first-order chi connectivity index (χ1) is 30.3. The monoisotopic (exact) mass is 905 g/mol. The van der Waals surface area contributed by atoms with Gasteiger partial charge in [0, 0.05) is 6.42 Å². The van der Waals surface area contributed by atoms with Gasteiger partial charge >= 0.3 is 0 Å². The molecule has 12 N–H and O–H groups in total. The van der Waals surface area contributed by atoms with Gasteiger partial charge in [0.15, 0.2) is 18.9 Å². The summed E-state index contributed by atoms with van der Waals surface area (Å²) in [4.78, 5) is 13.0. The normalized spacial score (nSPS) is 35.3. The third-order valence-corrected chi connectivity index (χ3v) is 11.2. The number of rotatable bonds is 28. The average Bonchev–Trinajstić information content (AvgIpc) is 3.28. The Morgan fingerprint density at radius 2 is 1.08 bits per heavy atom. The van der Waals surface area contributed by atoms with Gasteiger partial charge in [0.25, 0.3) is 0 Å². The molecule has 0 bridgehead atoms. The Hall–Kier alpha value is -2.25. The van der Waals surface area contributed by atoms with Crippen LogP contribution in [-0.4, -0.2) is 193 Å². The van der Waals surface area contributed by atoms with Gasteiger partial charge in [-0.05, 0) is 51.4 Å². The number of hydrogen-bond acceptors (Lipinski definition) is 18. The molecule has 3 aliphatic rings. The van der Waals surface area contributed by atoms with Gasteiger partial charge in [0.1, 0.15) is 73.2 Å². The number of carbonyl (C=O) groups is 1. The van der Waals surface area contributed by atoms with Crippen molar-refractivity contribution >= 4 is 5.91 Å². The fourth-order valence-electron chi connectivity index (χ4n) is 7.36. The standard InChI is InChI=1S/C44H75NO18/c1-3-5-7-8-9-10-11-12-13-14-15-16-17-18-20-22-32(50)45-27(28(49)21-19-6-4-2)26-58-42-38(56)35(53)40(30(24-47)60-42)63-44-39(57)36(54)41(31(25-48)61-44)62-43-37(55)34(52)33(51)29(23-46)59-43/h5,7,9-10,12-13,15-16,27-31,33-44,46-49,51-57H,3-4,6,8,11,14,17-26H2,1-2H3,(H,45,50)/b7-5-,10-9-,13-12-,16-15-. The zero-order chi connectivity index (χ0) is 46.3. The number of allylic oxidation sites excluding steroid dienone is 8. The van der Waals surface area contributed by atoms with Crippen LogP contribution in [0.25, 0.3) is 0 Å². The van der Waals surface area contributed by atoms with E-state index < -0.39 is 124 Å². The van der Waals surface area contributed by atoms with E-state index in [1.807, 2.05) is 6.92 Å². The summed E-state index contributed by atoms with van der Waals surface area (Å²) in [6.45, 7) is 1.38. The number of aliphatic hydroxyl groups is 11. The lowest BCUT2D eigenvalue weighted by Crippen LogP contribution is -2.66. The number of nitrogens with one attached hydrogen (secondary N) is 1. The van der Waals surface area contributed by atoms with E-state index in [4.69, 9.17) is 28.4 Å². The van der Waals surface area contributed by atoms with Crippen molar-refractivity contribution in [1.29, 1.82) is 0 Å². The molecule has 3 saturated heterocycles. The molecule has 3 rings (SSSR count). The first kappa shape index (κ1) is 55.1. The molecule has 17 unspecified atom stereocenters. The van der Waals surface area contributed by atoms with Gasteiger partial charge < -0.3 is 89.9 Å². The van der Waals surface area contributed by atoms with Gasteiger partial charge in [-0.1, -0.05) is 81.7 Å². The summed E-state index contributed by atoms with van der Waals surface area (Å²) in [5.74, 6) is -0.301. The summed E-state index contributed by atoms with van der Waals surface area (Å²) >= 11 is 0. The molecule has 3 heterocycles. The topological polar surface area (TPSA) is 307 Å². The quantitative estimate of drug-likeness (QED) is 0.0339. The smallest absolute Gasteiger partial charge is 0.220 e. The second kappa shape index (κ2) is 30.1. The minimum absolute atomic E-state index is 0.208. The molecule has 3 fully saturated rings. The Bertz CT molecular complexity index is 1360. The molecule has 3 aliphatic heterocycles. The van der Waals surface area contributed by atoms with Crippen molar-refractivity contribution in [3.63, 3.8) is 0 Å². The highest BCUT2D eigenvalue weighted by atomic mass is 16.8. The number of unbranched alkanes of at least 4 members (excludes halogenated alkanes) is 4. The van der Waals surface area contributed by atoms with Gasteiger partial charge in [-0.25, -0.2) is 0 Å². The van der Waals surface area contributed by atoms with E-state index in [1.54, 1.807) is 0 Å². The van der Waals surface area contributed by atoms with Crippen LogP contribution < -0.4 is 5.32 Å². The first-order valence-electron chi connectivity index (χ1n) is 22.4. The van der Waals surface area contributed by atoms with Crippen LogP contribution in [0.3, 0.4) is 0 Å². The summed E-state index contributed by atoms with van der Waals surface area (Å²) < 4.78 is 33.8. The van der Waals surface area contributed by atoms with Crippen molar-refractivity contribution in [2.45, 2.75) is 195 Å². The Morgan fingerprint density at radius 1 is 0.587 bits per heavy atom. The molecule has 0 saturated carbocycles.